The fourth-order valence-corrected chi connectivity index (χ4v) is 3.35. The Labute approximate surface area is 172 Å². The van der Waals surface area contributed by atoms with Crippen molar-refractivity contribution in [2.45, 2.75) is 84.5 Å². The van der Waals surface area contributed by atoms with Crippen molar-refractivity contribution in [1.29, 1.82) is 0 Å². The molecule has 1 heterocycles. The quantitative estimate of drug-likeness (QED) is 0.411. The summed E-state index contributed by atoms with van der Waals surface area (Å²) in [7, 11) is 0. The summed E-state index contributed by atoms with van der Waals surface area (Å²) >= 11 is 0. The Morgan fingerprint density at radius 1 is 1.14 bits per heavy atom. The number of nitrogens with zero attached hydrogens (tertiary/aromatic N) is 1. The average Bonchev–Trinajstić information content (AvgIpc) is 3.14. The number of carboxylic acids is 1. The Hall–Kier alpha value is -2.16. The van der Waals surface area contributed by atoms with E-state index < -0.39 is 36.0 Å². The molecule has 0 spiro atoms. The first-order chi connectivity index (χ1) is 13.5. The highest BCUT2D eigenvalue weighted by atomic mass is 16.4. The van der Waals surface area contributed by atoms with E-state index in [1.807, 2.05) is 27.7 Å². The lowest BCUT2D eigenvalue weighted by Gasteiger charge is -2.31. The zero-order valence-corrected chi connectivity index (χ0v) is 18.1. The maximum absolute atomic E-state index is 13.2. The molecule has 166 valence electrons. The molecule has 1 saturated heterocycles. The molecule has 0 saturated carbocycles. The monoisotopic (exact) mass is 412 g/mol. The number of hydrogen-bond acceptors (Lipinski definition) is 5. The Bertz CT molecular complexity index is 610. The largest absolute Gasteiger partial charge is 0.480 e. The van der Waals surface area contributed by atoms with Gasteiger partial charge in [0.05, 0.1) is 6.04 Å². The van der Waals surface area contributed by atoms with Gasteiger partial charge in [-0.3, -0.25) is 19.2 Å². The lowest BCUT2D eigenvalue weighted by Crippen LogP contribution is -2.57. The van der Waals surface area contributed by atoms with Crippen molar-refractivity contribution in [2.75, 3.05) is 6.54 Å². The Morgan fingerprint density at radius 3 is 2.28 bits per heavy atom. The molecule has 1 rings (SSSR count). The molecule has 0 radical (unpaired) electrons. The summed E-state index contributed by atoms with van der Waals surface area (Å²) in [6, 6.07) is -3.27. The number of amides is 3. The predicted octanol–water partition coefficient (Wildman–Crippen LogP) is 0.471. The first-order valence-corrected chi connectivity index (χ1v) is 10.4. The molecule has 9 heteroatoms. The maximum Gasteiger partial charge on any atom is 0.325 e. The van der Waals surface area contributed by atoms with E-state index in [2.05, 4.69) is 10.6 Å². The molecule has 1 fully saturated rings. The van der Waals surface area contributed by atoms with Crippen molar-refractivity contribution in [1.82, 2.24) is 15.5 Å². The van der Waals surface area contributed by atoms with Gasteiger partial charge in [-0.15, -0.1) is 0 Å². The van der Waals surface area contributed by atoms with Gasteiger partial charge in [0.1, 0.15) is 18.1 Å². The predicted molar refractivity (Wildman–Crippen MR) is 109 cm³/mol. The molecule has 5 N–H and O–H groups in total. The average molecular weight is 413 g/mol. The number of carbonyl (C=O) groups excluding carboxylic acids is 3. The van der Waals surface area contributed by atoms with E-state index in [-0.39, 0.29) is 23.7 Å². The highest BCUT2D eigenvalue weighted by molar-refractivity contribution is 5.94. The van der Waals surface area contributed by atoms with Crippen LogP contribution in [0.2, 0.25) is 0 Å². The van der Waals surface area contributed by atoms with Crippen LogP contribution in [0.25, 0.3) is 0 Å². The second-order valence-electron chi connectivity index (χ2n) is 8.36. The lowest BCUT2D eigenvalue weighted by molar-refractivity contribution is -0.144. The summed E-state index contributed by atoms with van der Waals surface area (Å²) in [5.41, 5.74) is 6.01. The third kappa shape index (κ3) is 6.99. The van der Waals surface area contributed by atoms with E-state index in [9.17, 15) is 19.2 Å². The third-order valence-corrected chi connectivity index (χ3v) is 5.45. The smallest absolute Gasteiger partial charge is 0.325 e. The first kappa shape index (κ1) is 24.9. The number of carbonyl (C=O) groups is 4. The second-order valence-corrected chi connectivity index (χ2v) is 8.36. The standard InChI is InChI=1S/C20H36N4O5/c1-6-12(4)16(21)18(26)23-14(10-11(2)3)19(27)24-9-7-8-15(24)17(25)22-13(5)20(28)29/h11-16H,6-10,21H2,1-5H3,(H,22,25)(H,23,26)(H,28,29). The minimum Gasteiger partial charge on any atom is -0.480 e. The van der Waals surface area contributed by atoms with Crippen LogP contribution in [0.3, 0.4) is 0 Å². The molecule has 0 aliphatic carbocycles. The van der Waals surface area contributed by atoms with Gasteiger partial charge in [-0.05, 0) is 38.0 Å². The molecular weight excluding hydrogens is 376 g/mol. The van der Waals surface area contributed by atoms with Gasteiger partial charge in [0.2, 0.25) is 17.7 Å². The maximum atomic E-state index is 13.2. The summed E-state index contributed by atoms with van der Waals surface area (Å²) in [5.74, 6) is -2.21. The number of likely N-dealkylation sites (tertiary alicyclic amines) is 1. The molecule has 0 aromatic carbocycles. The van der Waals surface area contributed by atoms with Crippen molar-refractivity contribution in [3.63, 3.8) is 0 Å². The van der Waals surface area contributed by atoms with Gasteiger partial charge in [-0.25, -0.2) is 0 Å². The van der Waals surface area contributed by atoms with Gasteiger partial charge in [0.15, 0.2) is 0 Å². The van der Waals surface area contributed by atoms with Gasteiger partial charge in [-0.2, -0.15) is 0 Å². The van der Waals surface area contributed by atoms with Crippen molar-refractivity contribution >= 4 is 23.7 Å². The molecular formula is C20H36N4O5. The highest BCUT2D eigenvalue weighted by Crippen LogP contribution is 2.21. The van der Waals surface area contributed by atoms with Gasteiger partial charge < -0.3 is 26.4 Å². The van der Waals surface area contributed by atoms with Crippen LogP contribution in [0.4, 0.5) is 0 Å². The van der Waals surface area contributed by atoms with Crippen molar-refractivity contribution in [3.05, 3.63) is 0 Å². The zero-order valence-electron chi connectivity index (χ0n) is 18.1. The van der Waals surface area contributed by atoms with E-state index in [1.54, 1.807) is 0 Å². The van der Waals surface area contributed by atoms with Gasteiger partial charge >= 0.3 is 5.97 Å². The van der Waals surface area contributed by atoms with Crippen molar-refractivity contribution in [2.24, 2.45) is 17.6 Å². The molecule has 5 unspecified atom stereocenters. The van der Waals surface area contributed by atoms with E-state index in [0.717, 1.165) is 6.42 Å². The molecule has 3 amide bonds. The van der Waals surface area contributed by atoms with Crippen molar-refractivity contribution in [3.8, 4) is 0 Å². The van der Waals surface area contributed by atoms with Gasteiger partial charge in [0.25, 0.3) is 0 Å². The van der Waals surface area contributed by atoms with Crippen LogP contribution < -0.4 is 16.4 Å². The topological polar surface area (TPSA) is 142 Å². The van der Waals surface area contributed by atoms with E-state index in [1.165, 1.54) is 11.8 Å². The molecule has 29 heavy (non-hydrogen) atoms. The molecule has 5 atom stereocenters. The normalized spacial score (nSPS) is 20.7. The summed E-state index contributed by atoms with van der Waals surface area (Å²) in [4.78, 5) is 50.7. The fraction of sp³-hybridized carbons (Fsp3) is 0.800. The molecule has 9 nitrogen and oxygen atoms in total. The summed E-state index contributed by atoms with van der Waals surface area (Å²) in [5, 5.41) is 14.2. The van der Waals surface area contributed by atoms with Gasteiger partial charge in [0, 0.05) is 6.54 Å². The van der Waals surface area contributed by atoms with E-state index >= 15 is 0 Å². The van der Waals surface area contributed by atoms with Crippen LogP contribution in [0, 0.1) is 11.8 Å². The zero-order chi connectivity index (χ0) is 22.3. The lowest BCUT2D eigenvalue weighted by atomic mass is 9.97. The van der Waals surface area contributed by atoms with Crippen LogP contribution >= 0.6 is 0 Å². The summed E-state index contributed by atoms with van der Waals surface area (Å²) in [6.07, 6.45) is 2.26. The van der Waals surface area contributed by atoms with E-state index in [0.29, 0.717) is 25.8 Å². The number of aliphatic carboxylic acids is 1. The number of rotatable bonds is 10. The minimum absolute atomic E-state index is 0.0207. The molecule has 0 bridgehead atoms. The molecule has 1 aliphatic rings. The van der Waals surface area contributed by atoms with Gasteiger partial charge in [-0.1, -0.05) is 34.1 Å². The van der Waals surface area contributed by atoms with E-state index in [4.69, 9.17) is 10.8 Å². The van der Waals surface area contributed by atoms with Crippen molar-refractivity contribution < 1.29 is 24.3 Å². The minimum atomic E-state index is -1.14. The Kier molecular flexibility index (Phi) is 9.55. The molecule has 0 aromatic heterocycles. The number of nitrogens with one attached hydrogen (secondary N) is 2. The van der Waals surface area contributed by atoms with Crippen LogP contribution in [0.15, 0.2) is 0 Å². The molecule has 1 aliphatic heterocycles. The number of hydrogen-bond donors (Lipinski definition) is 4. The van der Waals surface area contributed by atoms with Crippen LogP contribution in [-0.2, 0) is 19.2 Å². The third-order valence-electron chi connectivity index (χ3n) is 5.45. The Balaban J connectivity index is 2.92. The summed E-state index contributed by atoms with van der Waals surface area (Å²) < 4.78 is 0. The second kappa shape index (κ2) is 11.1. The highest BCUT2D eigenvalue weighted by Gasteiger charge is 2.39. The number of nitrogens with two attached hydrogens (primary N) is 1. The Morgan fingerprint density at radius 2 is 1.76 bits per heavy atom. The number of carboxylic acid groups (broad SMARTS) is 1. The fourth-order valence-electron chi connectivity index (χ4n) is 3.35. The van der Waals surface area contributed by atoms with Crippen LogP contribution in [-0.4, -0.2) is 64.4 Å². The molecule has 0 aromatic rings. The SMILES string of the molecule is CCC(C)C(N)C(=O)NC(CC(C)C)C(=O)N1CCCC1C(=O)NC(C)C(=O)O. The van der Waals surface area contributed by atoms with Crippen LogP contribution in [0.5, 0.6) is 0 Å². The van der Waals surface area contributed by atoms with Crippen LogP contribution in [0.1, 0.15) is 60.3 Å². The first-order valence-electron chi connectivity index (χ1n) is 10.4. The summed E-state index contributed by atoms with van der Waals surface area (Å²) in [6.45, 7) is 9.49.